The lowest BCUT2D eigenvalue weighted by Gasteiger charge is -2.36. The molecule has 2 fully saturated rings. The van der Waals surface area contributed by atoms with Gasteiger partial charge in [-0.2, -0.15) is 0 Å². The van der Waals surface area contributed by atoms with E-state index in [0.717, 1.165) is 4.31 Å². The van der Waals surface area contributed by atoms with E-state index in [1.807, 2.05) is 0 Å². The lowest BCUT2D eigenvalue weighted by atomic mass is 9.82. The molecule has 5 rings (SSSR count). The Hall–Kier alpha value is -3.58. The van der Waals surface area contributed by atoms with Crippen molar-refractivity contribution in [1.82, 2.24) is 14.1 Å². The number of nitrogens with zero attached hydrogens (tertiary/aromatic N) is 4. The summed E-state index contributed by atoms with van der Waals surface area (Å²) in [5, 5.41) is 11.6. The first kappa shape index (κ1) is 27.0. The standard InChI is InChI=1S/C27H30N4O7S/c1-28(2)39(36,37)19-8-6-7-18(17-19)23(32)22-24(33)25(34)31(12-11-30-13-15-38-16-14-30)27(22)20-9-4-5-10-21(20)29(3)26(27)35/h4-10,17,32H,11-16H2,1-3H3/t27-/m0/s1. The molecule has 0 aliphatic carbocycles. The Morgan fingerprint density at radius 1 is 1.03 bits per heavy atom. The second-order valence-corrected chi connectivity index (χ2v) is 12.0. The van der Waals surface area contributed by atoms with E-state index < -0.39 is 38.9 Å². The molecular weight excluding hydrogens is 524 g/mol. The van der Waals surface area contributed by atoms with Crippen LogP contribution in [-0.4, -0.2) is 106 Å². The lowest BCUT2D eigenvalue weighted by Crippen LogP contribution is -2.53. The molecule has 0 bridgehead atoms. The molecule has 2 saturated heterocycles. The number of anilines is 1. The number of amides is 2. The molecule has 39 heavy (non-hydrogen) atoms. The molecule has 11 nitrogen and oxygen atoms in total. The Balaban J connectivity index is 1.71. The molecule has 0 radical (unpaired) electrons. The van der Waals surface area contributed by atoms with E-state index in [1.54, 1.807) is 31.3 Å². The number of hydrogen-bond acceptors (Lipinski definition) is 8. The zero-order chi connectivity index (χ0) is 28.1. The van der Waals surface area contributed by atoms with Crippen molar-refractivity contribution in [2.75, 3.05) is 65.4 Å². The Labute approximate surface area is 226 Å². The predicted molar refractivity (Wildman–Crippen MR) is 142 cm³/mol. The molecule has 1 atom stereocenters. The number of ketones is 1. The van der Waals surface area contributed by atoms with Crippen molar-refractivity contribution < 1.29 is 32.6 Å². The molecular formula is C27H30N4O7S. The van der Waals surface area contributed by atoms with Gasteiger partial charge in [-0.1, -0.05) is 30.3 Å². The summed E-state index contributed by atoms with van der Waals surface area (Å²) in [6.45, 7) is 2.84. The summed E-state index contributed by atoms with van der Waals surface area (Å²) < 4.78 is 32.0. The molecule has 206 valence electrons. The topological polar surface area (TPSA) is 128 Å². The monoisotopic (exact) mass is 554 g/mol. The van der Waals surface area contributed by atoms with Gasteiger partial charge in [-0.05, 0) is 18.2 Å². The molecule has 1 spiro atoms. The van der Waals surface area contributed by atoms with Gasteiger partial charge in [0.25, 0.3) is 17.6 Å². The first-order valence-corrected chi connectivity index (χ1v) is 14.0. The quantitative estimate of drug-likeness (QED) is 0.316. The number of carbonyl (C=O) groups excluding carboxylic acids is 3. The van der Waals surface area contributed by atoms with Gasteiger partial charge in [0, 0.05) is 64.1 Å². The second kappa shape index (κ2) is 9.87. The Bertz CT molecular complexity index is 1500. The van der Waals surface area contributed by atoms with Crippen molar-refractivity contribution in [2.24, 2.45) is 0 Å². The van der Waals surface area contributed by atoms with E-state index in [-0.39, 0.29) is 22.6 Å². The van der Waals surface area contributed by atoms with Crippen LogP contribution >= 0.6 is 0 Å². The molecule has 12 heteroatoms. The van der Waals surface area contributed by atoms with Gasteiger partial charge in [-0.15, -0.1) is 0 Å². The average Bonchev–Trinajstić information content (AvgIpc) is 3.30. The van der Waals surface area contributed by atoms with E-state index in [2.05, 4.69) is 4.90 Å². The maximum absolute atomic E-state index is 14.1. The maximum atomic E-state index is 14.1. The highest BCUT2D eigenvalue weighted by Crippen LogP contribution is 2.53. The van der Waals surface area contributed by atoms with Gasteiger partial charge in [0.15, 0.2) is 5.54 Å². The molecule has 3 aliphatic heterocycles. The highest BCUT2D eigenvalue weighted by molar-refractivity contribution is 7.89. The van der Waals surface area contributed by atoms with E-state index >= 15 is 0 Å². The van der Waals surface area contributed by atoms with Crippen LogP contribution in [-0.2, 0) is 34.7 Å². The molecule has 0 saturated carbocycles. The van der Waals surface area contributed by atoms with Crippen molar-refractivity contribution in [3.63, 3.8) is 0 Å². The minimum absolute atomic E-state index is 0.00307. The third-order valence-corrected chi connectivity index (χ3v) is 9.38. The Kier molecular flexibility index (Phi) is 6.83. The number of carbonyl (C=O) groups is 3. The molecule has 3 aliphatic rings. The van der Waals surface area contributed by atoms with Gasteiger partial charge < -0.3 is 19.6 Å². The van der Waals surface area contributed by atoms with Gasteiger partial charge in [-0.25, -0.2) is 12.7 Å². The van der Waals surface area contributed by atoms with Crippen LogP contribution < -0.4 is 4.90 Å². The van der Waals surface area contributed by atoms with Crippen LogP contribution in [0.5, 0.6) is 0 Å². The first-order chi connectivity index (χ1) is 18.5. The summed E-state index contributed by atoms with van der Waals surface area (Å²) in [6, 6.07) is 12.3. The van der Waals surface area contributed by atoms with E-state index in [9.17, 15) is 27.9 Å². The smallest absolute Gasteiger partial charge is 0.296 e. The summed E-state index contributed by atoms with van der Waals surface area (Å²) in [5.74, 6) is -3.07. The normalized spacial score (nSPS) is 23.3. The van der Waals surface area contributed by atoms with Crippen LogP contribution in [0.15, 0.2) is 59.0 Å². The van der Waals surface area contributed by atoms with E-state index in [1.165, 1.54) is 48.2 Å². The predicted octanol–water partition coefficient (Wildman–Crippen LogP) is 0.821. The van der Waals surface area contributed by atoms with Crippen LogP contribution in [0.1, 0.15) is 11.1 Å². The minimum atomic E-state index is -3.86. The van der Waals surface area contributed by atoms with E-state index in [4.69, 9.17) is 4.74 Å². The largest absolute Gasteiger partial charge is 0.507 e. The van der Waals surface area contributed by atoms with Crippen molar-refractivity contribution in [2.45, 2.75) is 10.4 Å². The van der Waals surface area contributed by atoms with Crippen LogP contribution in [0.25, 0.3) is 5.76 Å². The third-order valence-electron chi connectivity index (χ3n) is 7.57. The summed E-state index contributed by atoms with van der Waals surface area (Å²) in [5.41, 5.74) is -1.36. The highest BCUT2D eigenvalue weighted by Gasteiger charge is 2.66. The zero-order valence-electron chi connectivity index (χ0n) is 22.0. The lowest BCUT2D eigenvalue weighted by molar-refractivity contribution is -0.144. The number of benzene rings is 2. The number of hydrogen-bond donors (Lipinski definition) is 1. The maximum Gasteiger partial charge on any atom is 0.296 e. The summed E-state index contributed by atoms with van der Waals surface area (Å²) in [7, 11) is 0.455. The van der Waals surface area contributed by atoms with Crippen molar-refractivity contribution in [3.05, 3.63) is 65.2 Å². The molecule has 1 N–H and O–H groups in total. The number of ether oxygens (including phenoxy) is 1. The van der Waals surface area contributed by atoms with Crippen molar-refractivity contribution in [3.8, 4) is 0 Å². The Morgan fingerprint density at radius 3 is 2.41 bits per heavy atom. The summed E-state index contributed by atoms with van der Waals surface area (Å²) >= 11 is 0. The van der Waals surface area contributed by atoms with Gasteiger partial charge in [0.2, 0.25) is 10.0 Å². The summed E-state index contributed by atoms with van der Waals surface area (Å²) in [4.78, 5) is 45.9. The number of likely N-dealkylation sites (N-methyl/N-ethyl adjacent to an activating group) is 1. The SMILES string of the molecule is CN1C(=O)[C@@]2(C(=C(O)c3cccc(S(=O)(=O)N(C)C)c3)C(=O)C(=O)N2CCN2CCOCC2)c2ccccc21. The second-order valence-electron chi connectivity index (χ2n) is 9.87. The number of aliphatic hydroxyl groups is 1. The fourth-order valence-electron chi connectivity index (χ4n) is 5.50. The first-order valence-electron chi connectivity index (χ1n) is 12.5. The van der Waals surface area contributed by atoms with Gasteiger partial charge in [0.1, 0.15) is 5.76 Å². The molecule has 2 aromatic rings. The number of fused-ring (bicyclic) bond motifs is 2. The van der Waals surface area contributed by atoms with Crippen molar-refractivity contribution in [1.29, 1.82) is 0 Å². The van der Waals surface area contributed by atoms with Gasteiger partial charge in [-0.3, -0.25) is 19.3 Å². The zero-order valence-corrected chi connectivity index (χ0v) is 22.8. The third kappa shape index (κ3) is 4.06. The van der Waals surface area contributed by atoms with Crippen LogP contribution in [0.3, 0.4) is 0 Å². The number of morpholine rings is 1. The molecule has 2 aromatic carbocycles. The van der Waals surface area contributed by atoms with Crippen LogP contribution in [0.2, 0.25) is 0 Å². The van der Waals surface area contributed by atoms with E-state index in [0.29, 0.717) is 44.1 Å². The highest BCUT2D eigenvalue weighted by atomic mass is 32.2. The number of aliphatic hydroxyl groups excluding tert-OH is 1. The number of sulfonamides is 1. The van der Waals surface area contributed by atoms with Crippen LogP contribution in [0, 0.1) is 0 Å². The number of rotatable bonds is 6. The van der Waals surface area contributed by atoms with Crippen molar-refractivity contribution >= 4 is 39.1 Å². The fourth-order valence-corrected chi connectivity index (χ4v) is 6.44. The van der Waals surface area contributed by atoms with Gasteiger partial charge >= 0.3 is 0 Å². The Morgan fingerprint density at radius 2 is 1.72 bits per heavy atom. The summed E-state index contributed by atoms with van der Waals surface area (Å²) in [6.07, 6.45) is 0. The average molecular weight is 555 g/mol. The number of para-hydroxylation sites is 1. The van der Waals surface area contributed by atoms with Crippen LogP contribution in [0.4, 0.5) is 5.69 Å². The molecule has 0 aromatic heterocycles. The minimum Gasteiger partial charge on any atom is -0.507 e. The molecule has 0 unspecified atom stereocenters. The number of likely N-dealkylation sites (tertiary alicyclic amines) is 1. The van der Waals surface area contributed by atoms with Gasteiger partial charge in [0.05, 0.1) is 23.7 Å². The fraction of sp³-hybridized carbons (Fsp3) is 0.370. The number of Topliss-reactive ketones (excluding diaryl/α,β-unsaturated/α-hetero) is 1. The molecule has 3 heterocycles. The molecule has 2 amide bonds.